The lowest BCUT2D eigenvalue weighted by Gasteiger charge is -2.05. The van der Waals surface area contributed by atoms with Gasteiger partial charge in [0.2, 0.25) is 0 Å². The van der Waals surface area contributed by atoms with E-state index >= 15 is 0 Å². The molecule has 0 fully saturated rings. The van der Waals surface area contributed by atoms with E-state index in [1.54, 1.807) is 6.20 Å². The van der Waals surface area contributed by atoms with Crippen molar-refractivity contribution in [3.63, 3.8) is 0 Å². The number of aryl methyl sites for hydroxylation is 2. The Balaban J connectivity index is 2.19. The van der Waals surface area contributed by atoms with Gasteiger partial charge in [0.15, 0.2) is 5.78 Å². The topological polar surface area (TPSA) is 34.9 Å². The second kappa shape index (κ2) is 5.48. The van der Waals surface area contributed by atoms with Gasteiger partial charge in [0.25, 0.3) is 0 Å². The minimum Gasteiger partial charge on any atom is -0.335 e. The predicted molar refractivity (Wildman–Crippen MR) is 74.8 cm³/mol. The zero-order valence-electron chi connectivity index (χ0n) is 10.5. The van der Waals surface area contributed by atoms with Crippen LogP contribution in [0.4, 0.5) is 0 Å². The summed E-state index contributed by atoms with van der Waals surface area (Å²) in [4.78, 5) is 16.4. The lowest BCUT2D eigenvalue weighted by Crippen LogP contribution is -2.09. The zero-order chi connectivity index (χ0) is 13.1. The van der Waals surface area contributed by atoms with E-state index in [1.807, 2.05) is 42.8 Å². The number of aromatic nitrogens is 2. The van der Waals surface area contributed by atoms with E-state index in [4.69, 9.17) is 0 Å². The molecule has 0 aliphatic rings. The second-order valence-electron chi connectivity index (χ2n) is 4.19. The van der Waals surface area contributed by atoms with Gasteiger partial charge in [-0.1, -0.05) is 22.0 Å². The molecule has 0 bridgehead atoms. The van der Waals surface area contributed by atoms with Gasteiger partial charge in [-0.3, -0.25) is 4.79 Å². The maximum atomic E-state index is 12.2. The molecule has 0 saturated carbocycles. The lowest BCUT2D eigenvalue weighted by atomic mass is 10.1. The van der Waals surface area contributed by atoms with Crippen molar-refractivity contribution in [2.24, 2.45) is 0 Å². The molecule has 0 N–H and O–H groups in total. The number of nitrogens with zero attached hydrogens (tertiary/aromatic N) is 2. The zero-order valence-corrected chi connectivity index (χ0v) is 12.1. The molecule has 0 atom stereocenters. The van der Waals surface area contributed by atoms with Crippen molar-refractivity contribution >= 4 is 21.7 Å². The van der Waals surface area contributed by atoms with Crippen LogP contribution in [-0.2, 0) is 13.0 Å². The first-order chi connectivity index (χ1) is 8.61. The number of hydrogen-bond donors (Lipinski definition) is 0. The lowest BCUT2D eigenvalue weighted by molar-refractivity contribution is 0.0989. The van der Waals surface area contributed by atoms with Gasteiger partial charge in [0.1, 0.15) is 5.82 Å². The van der Waals surface area contributed by atoms with Crippen LogP contribution in [0.5, 0.6) is 0 Å². The molecule has 2 aromatic rings. The Bertz CT molecular complexity index is 575. The van der Waals surface area contributed by atoms with Crippen LogP contribution in [0.25, 0.3) is 0 Å². The summed E-state index contributed by atoms with van der Waals surface area (Å²) in [6.45, 7) is 4.86. The molecule has 1 aromatic heterocycles. The number of halogens is 1. The molecule has 0 radical (unpaired) electrons. The first-order valence-electron chi connectivity index (χ1n) is 5.91. The Morgan fingerprint density at radius 2 is 2.22 bits per heavy atom. The first-order valence-corrected chi connectivity index (χ1v) is 6.70. The average Bonchev–Trinajstić information content (AvgIpc) is 2.79. The summed E-state index contributed by atoms with van der Waals surface area (Å²) in [5.41, 5.74) is 1.81. The standard InChI is InChI=1S/C14H15BrN2O/c1-3-17-7-6-16-14(17)9-13(18)11-4-5-12(15)10(2)8-11/h4-8H,3,9H2,1-2H3. The molecule has 1 heterocycles. The van der Waals surface area contributed by atoms with Gasteiger partial charge >= 0.3 is 0 Å². The summed E-state index contributed by atoms with van der Waals surface area (Å²) in [5.74, 6) is 0.926. The fourth-order valence-corrected chi connectivity index (χ4v) is 2.11. The molecule has 4 heteroatoms. The van der Waals surface area contributed by atoms with Crippen molar-refractivity contribution in [1.29, 1.82) is 0 Å². The van der Waals surface area contributed by atoms with E-state index in [1.165, 1.54) is 0 Å². The van der Waals surface area contributed by atoms with E-state index in [0.29, 0.717) is 6.42 Å². The van der Waals surface area contributed by atoms with Crippen LogP contribution in [-0.4, -0.2) is 15.3 Å². The van der Waals surface area contributed by atoms with Crippen LogP contribution >= 0.6 is 15.9 Å². The van der Waals surface area contributed by atoms with E-state index in [2.05, 4.69) is 20.9 Å². The molecule has 1 aromatic carbocycles. The molecule has 0 saturated heterocycles. The van der Waals surface area contributed by atoms with Crippen molar-refractivity contribution < 1.29 is 4.79 Å². The molecular weight excluding hydrogens is 292 g/mol. The number of imidazole rings is 1. The number of carbonyl (C=O) groups excluding carboxylic acids is 1. The third-order valence-electron chi connectivity index (χ3n) is 2.94. The van der Waals surface area contributed by atoms with E-state index < -0.39 is 0 Å². The maximum Gasteiger partial charge on any atom is 0.170 e. The Kier molecular flexibility index (Phi) is 3.97. The van der Waals surface area contributed by atoms with Crippen molar-refractivity contribution in [3.8, 4) is 0 Å². The summed E-state index contributed by atoms with van der Waals surface area (Å²) in [6.07, 6.45) is 3.98. The molecule has 3 nitrogen and oxygen atoms in total. The number of benzene rings is 1. The predicted octanol–water partition coefficient (Wildman–Crippen LogP) is 3.40. The molecule has 0 aliphatic heterocycles. The monoisotopic (exact) mass is 306 g/mol. The maximum absolute atomic E-state index is 12.2. The van der Waals surface area contributed by atoms with Crippen LogP contribution in [0.3, 0.4) is 0 Å². The summed E-state index contributed by atoms with van der Waals surface area (Å²) < 4.78 is 3.01. The Labute approximate surface area is 115 Å². The average molecular weight is 307 g/mol. The third kappa shape index (κ3) is 2.70. The minimum atomic E-state index is 0.103. The van der Waals surface area contributed by atoms with Crippen LogP contribution in [0.15, 0.2) is 35.1 Å². The Morgan fingerprint density at radius 3 is 2.89 bits per heavy atom. The van der Waals surface area contributed by atoms with Crippen LogP contribution in [0.2, 0.25) is 0 Å². The number of rotatable bonds is 4. The largest absolute Gasteiger partial charge is 0.335 e. The normalized spacial score (nSPS) is 10.6. The first kappa shape index (κ1) is 13.0. The fraction of sp³-hybridized carbons (Fsp3) is 0.286. The number of Topliss-reactive ketones (excluding diaryl/α,β-unsaturated/α-hetero) is 1. The SMILES string of the molecule is CCn1ccnc1CC(=O)c1ccc(Br)c(C)c1. The van der Waals surface area contributed by atoms with Gasteiger partial charge in [0, 0.05) is 29.0 Å². The van der Waals surface area contributed by atoms with E-state index in [9.17, 15) is 4.79 Å². The van der Waals surface area contributed by atoms with Crippen molar-refractivity contribution in [3.05, 3.63) is 52.0 Å². The summed E-state index contributed by atoms with van der Waals surface area (Å²) in [5, 5.41) is 0. The molecule has 18 heavy (non-hydrogen) atoms. The third-order valence-corrected chi connectivity index (χ3v) is 3.83. The van der Waals surface area contributed by atoms with Crippen molar-refractivity contribution in [2.75, 3.05) is 0 Å². The molecule has 0 aliphatic carbocycles. The quantitative estimate of drug-likeness (QED) is 0.812. The number of carbonyl (C=O) groups is 1. The van der Waals surface area contributed by atoms with Crippen LogP contribution in [0.1, 0.15) is 28.7 Å². The molecule has 0 unspecified atom stereocenters. The Hall–Kier alpha value is -1.42. The minimum absolute atomic E-state index is 0.103. The number of hydrogen-bond acceptors (Lipinski definition) is 2. The molecular formula is C14H15BrN2O. The van der Waals surface area contributed by atoms with Gasteiger partial charge in [-0.2, -0.15) is 0 Å². The van der Waals surface area contributed by atoms with Gasteiger partial charge < -0.3 is 4.57 Å². The van der Waals surface area contributed by atoms with Crippen molar-refractivity contribution in [1.82, 2.24) is 9.55 Å². The van der Waals surface area contributed by atoms with Gasteiger partial charge in [-0.05, 0) is 31.5 Å². The van der Waals surface area contributed by atoms with E-state index in [0.717, 1.165) is 28.0 Å². The molecule has 0 spiro atoms. The van der Waals surface area contributed by atoms with Crippen LogP contribution in [0, 0.1) is 6.92 Å². The second-order valence-corrected chi connectivity index (χ2v) is 5.05. The smallest absolute Gasteiger partial charge is 0.170 e. The number of ketones is 1. The van der Waals surface area contributed by atoms with Gasteiger partial charge in [0.05, 0.1) is 6.42 Å². The molecule has 0 amide bonds. The highest BCUT2D eigenvalue weighted by Gasteiger charge is 2.11. The Morgan fingerprint density at radius 1 is 1.44 bits per heavy atom. The highest BCUT2D eigenvalue weighted by Crippen LogP contribution is 2.18. The molecule has 2 rings (SSSR count). The van der Waals surface area contributed by atoms with Gasteiger partial charge in [-0.15, -0.1) is 0 Å². The van der Waals surface area contributed by atoms with Crippen molar-refractivity contribution in [2.45, 2.75) is 26.8 Å². The highest BCUT2D eigenvalue weighted by molar-refractivity contribution is 9.10. The molecule has 94 valence electrons. The summed E-state index contributed by atoms with van der Waals surface area (Å²) in [6, 6.07) is 5.67. The van der Waals surface area contributed by atoms with E-state index in [-0.39, 0.29) is 5.78 Å². The van der Waals surface area contributed by atoms with Gasteiger partial charge in [-0.25, -0.2) is 4.98 Å². The van der Waals surface area contributed by atoms with Crippen LogP contribution < -0.4 is 0 Å². The summed E-state index contributed by atoms with van der Waals surface area (Å²) in [7, 11) is 0. The highest BCUT2D eigenvalue weighted by atomic mass is 79.9. The summed E-state index contributed by atoms with van der Waals surface area (Å²) >= 11 is 3.43. The fourth-order valence-electron chi connectivity index (χ4n) is 1.86.